The number of hydrogen-bond acceptors (Lipinski definition) is 3. The minimum atomic E-state index is 0.0333. The zero-order chi connectivity index (χ0) is 14.0. The quantitative estimate of drug-likeness (QED) is 0.838. The van der Waals surface area contributed by atoms with Gasteiger partial charge in [0.15, 0.2) is 0 Å². The number of aryl methyl sites for hydroxylation is 2. The number of likely N-dealkylation sites (tertiary alicyclic amines) is 1. The van der Waals surface area contributed by atoms with Crippen LogP contribution in [0.2, 0.25) is 0 Å². The highest BCUT2D eigenvalue weighted by atomic mass is 32.1. The van der Waals surface area contributed by atoms with Crippen molar-refractivity contribution >= 4 is 23.1 Å². The lowest BCUT2D eigenvalue weighted by Crippen LogP contribution is -2.43. The number of piperidine rings is 1. The highest BCUT2D eigenvalue weighted by Gasteiger charge is 2.26. The number of amides is 1. The molecular formula is C14H19N3OS. The molecule has 0 saturated carbocycles. The van der Waals surface area contributed by atoms with E-state index in [-0.39, 0.29) is 11.8 Å². The van der Waals surface area contributed by atoms with Crippen molar-refractivity contribution in [2.24, 2.45) is 11.7 Å². The molecule has 19 heavy (non-hydrogen) atoms. The van der Waals surface area contributed by atoms with Gasteiger partial charge in [0.25, 0.3) is 5.91 Å². The van der Waals surface area contributed by atoms with E-state index in [0.717, 1.165) is 30.8 Å². The maximum atomic E-state index is 12.5. The number of carbonyl (C=O) groups excluding carboxylic acids is 1. The van der Waals surface area contributed by atoms with Gasteiger partial charge in [-0.05, 0) is 38.8 Å². The molecule has 2 rings (SSSR count). The summed E-state index contributed by atoms with van der Waals surface area (Å²) in [6, 6.07) is 3.72. The van der Waals surface area contributed by atoms with E-state index in [0.29, 0.717) is 17.1 Å². The molecule has 1 unspecified atom stereocenters. The molecule has 2 N–H and O–H groups in total. The number of aromatic nitrogens is 1. The maximum absolute atomic E-state index is 12.5. The summed E-state index contributed by atoms with van der Waals surface area (Å²) in [5, 5.41) is 0. The lowest BCUT2D eigenvalue weighted by molar-refractivity contribution is 0.0702. The largest absolute Gasteiger partial charge is 0.393 e. The molecule has 1 amide bonds. The topological polar surface area (TPSA) is 59.2 Å². The van der Waals surface area contributed by atoms with Gasteiger partial charge < -0.3 is 10.6 Å². The molecule has 1 atom stereocenters. The van der Waals surface area contributed by atoms with Gasteiger partial charge in [0.05, 0.1) is 16.2 Å². The van der Waals surface area contributed by atoms with Crippen molar-refractivity contribution in [2.75, 3.05) is 13.1 Å². The summed E-state index contributed by atoms with van der Waals surface area (Å²) in [6.07, 6.45) is 1.93. The van der Waals surface area contributed by atoms with Crippen LogP contribution in [0.15, 0.2) is 12.1 Å². The predicted molar refractivity (Wildman–Crippen MR) is 79.1 cm³/mol. The SMILES string of the molecule is Cc1ccc(C(=O)N2CCCC(C(N)=S)C2)c(C)n1. The fraction of sp³-hybridized carbons (Fsp3) is 0.500. The van der Waals surface area contributed by atoms with Gasteiger partial charge in [-0.25, -0.2) is 0 Å². The van der Waals surface area contributed by atoms with Crippen molar-refractivity contribution in [1.29, 1.82) is 0 Å². The molecule has 0 radical (unpaired) electrons. The first-order valence-corrected chi connectivity index (χ1v) is 6.92. The fourth-order valence-electron chi connectivity index (χ4n) is 2.48. The number of rotatable bonds is 2. The molecule has 1 fully saturated rings. The van der Waals surface area contributed by atoms with Crippen LogP contribution in [-0.4, -0.2) is 33.9 Å². The van der Waals surface area contributed by atoms with Gasteiger partial charge in [-0.3, -0.25) is 9.78 Å². The monoisotopic (exact) mass is 277 g/mol. The van der Waals surface area contributed by atoms with Crippen LogP contribution < -0.4 is 5.73 Å². The standard InChI is InChI=1S/C14H19N3OS/c1-9-5-6-12(10(2)16-9)14(18)17-7-3-4-11(8-17)13(15)19/h5-6,11H,3-4,7-8H2,1-2H3,(H2,15,19). The Labute approximate surface area is 119 Å². The first kappa shape index (κ1) is 13.9. The Hall–Kier alpha value is -1.49. The second-order valence-corrected chi connectivity index (χ2v) is 5.55. The van der Waals surface area contributed by atoms with Crippen molar-refractivity contribution in [3.05, 3.63) is 29.1 Å². The highest BCUT2D eigenvalue weighted by Crippen LogP contribution is 2.19. The van der Waals surface area contributed by atoms with Crippen LogP contribution in [0.5, 0.6) is 0 Å². The highest BCUT2D eigenvalue weighted by molar-refractivity contribution is 7.80. The number of thiocarbonyl (C=S) groups is 1. The van der Waals surface area contributed by atoms with Crippen molar-refractivity contribution in [1.82, 2.24) is 9.88 Å². The Morgan fingerprint density at radius 1 is 1.47 bits per heavy atom. The Morgan fingerprint density at radius 3 is 2.84 bits per heavy atom. The third-order valence-electron chi connectivity index (χ3n) is 3.57. The van der Waals surface area contributed by atoms with Crippen LogP contribution in [0.1, 0.15) is 34.6 Å². The van der Waals surface area contributed by atoms with Crippen molar-refractivity contribution < 1.29 is 4.79 Å². The molecule has 1 aliphatic rings. The molecule has 2 heterocycles. The second-order valence-electron chi connectivity index (χ2n) is 5.08. The van der Waals surface area contributed by atoms with Gasteiger partial charge in [0.1, 0.15) is 0 Å². The van der Waals surface area contributed by atoms with Crippen molar-refractivity contribution in [3.8, 4) is 0 Å². The smallest absolute Gasteiger partial charge is 0.255 e. The molecule has 1 saturated heterocycles. The Kier molecular flexibility index (Phi) is 4.14. The summed E-state index contributed by atoms with van der Waals surface area (Å²) >= 11 is 5.04. The van der Waals surface area contributed by atoms with E-state index in [4.69, 9.17) is 18.0 Å². The van der Waals surface area contributed by atoms with E-state index in [1.807, 2.05) is 30.9 Å². The van der Waals surface area contributed by atoms with E-state index in [1.165, 1.54) is 0 Å². The van der Waals surface area contributed by atoms with Crippen LogP contribution >= 0.6 is 12.2 Å². The molecule has 1 aromatic rings. The van der Waals surface area contributed by atoms with Crippen LogP contribution in [-0.2, 0) is 0 Å². The summed E-state index contributed by atoms with van der Waals surface area (Å²) in [6.45, 7) is 5.19. The maximum Gasteiger partial charge on any atom is 0.255 e. The van der Waals surface area contributed by atoms with Crippen LogP contribution in [0, 0.1) is 19.8 Å². The Bertz CT molecular complexity index is 515. The van der Waals surface area contributed by atoms with Crippen molar-refractivity contribution in [3.63, 3.8) is 0 Å². The molecule has 4 nitrogen and oxygen atoms in total. The molecule has 1 aromatic heterocycles. The van der Waals surface area contributed by atoms with Gasteiger partial charge >= 0.3 is 0 Å². The van der Waals surface area contributed by atoms with E-state index >= 15 is 0 Å². The molecule has 0 bridgehead atoms. The van der Waals surface area contributed by atoms with Crippen LogP contribution in [0.4, 0.5) is 0 Å². The molecular weight excluding hydrogens is 258 g/mol. The van der Waals surface area contributed by atoms with E-state index in [2.05, 4.69) is 4.98 Å². The van der Waals surface area contributed by atoms with E-state index in [1.54, 1.807) is 0 Å². The van der Waals surface area contributed by atoms with E-state index in [9.17, 15) is 4.79 Å². The molecule has 1 aliphatic heterocycles. The van der Waals surface area contributed by atoms with Gasteiger partial charge in [0.2, 0.25) is 0 Å². The predicted octanol–water partition coefficient (Wildman–Crippen LogP) is 1.84. The molecule has 5 heteroatoms. The lowest BCUT2D eigenvalue weighted by Gasteiger charge is -2.32. The van der Waals surface area contributed by atoms with Gasteiger partial charge in [-0.1, -0.05) is 12.2 Å². The summed E-state index contributed by atoms with van der Waals surface area (Å²) in [5.74, 6) is 0.178. The molecule has 0 aromatic carbocycles. The third kappa shape index (κ3) is 3.10. The number of pyridine rings is 1. The first-order chi connectivity index (χ1) is 8.99. The first-order valence-electron chi connectivity index (χ1n) is 6.52. The summed E-state index contributed by atoms with van der Waals surface area (Å²) in [5.41, 5.74) is 8.08. The average Bonchev–Trinajstić information content (AvgIpc) is 2.38. The molecule has 0 aliphatic carbocycles. The summed E-state index contributed by atoms with van der Waals surface area (Å²) < 4.78 is 0. The Balaban J connectivity index is 2.17. The fourth-order valence-corrected chi connectivity index (χ4v) is 2.67. The zero-order valence-electron chi connectivity index (χ0n) is 11.3. The molecule has 102 valence electrons. The minimum Gasteiger partial charge on any atom is -0.393 e. The summed E-state index contributed by atoms with van der Waals surface area (Å²) in [7, 11) is 0. The number of hydrogen-bond donors (Lipinski definition) is 1. The van der Waals surface area contributed by atoms with E-state index < -0.39 is 0 Å². The Morgan fingerprint density at radius 2 is 2.21 bits per heavy atom. The number of nitrogens with zero attached hydrogens (tertiary/aromatic N) is 2. The normalized spacial score (nSPS) is 19.3. The minimum absolute atomic E-state index is 0.0333. The zero-order valence-corrected chi connectivity index (χ0v) is 12.2. The summed E-state index contributed by atoms with van der Waals surface area (Å²) in [4.78, 5) is 19.2. The van der Waals surface area contributed by atoms with Crippen molar-refractivity contribution in [2.45, 2.75) is 26.7 Å². The lowest BCUT2D eigenvalue weighted by atomic mass is 9.97. The third-order valence-corrected chi connectivity index (χ3v) is 3.90. The van der Waals surface area contributed by atoms with Gasteiger partial charge in [-0.2, -0.15) is 0 Å². The number of carbonyl (C=O) groups is 1. The van der Waals surface area contributed by atoms with Gasteiger partial charge in [-0.15, -0.1) is 0 Å². The molecule has 0 spiro atoms. The van der Waals surface area contributed by atoms with Gasteiger partial charge in [0, 0.05) is 24.7 Å². The second kappa shape index (κ2) is 5.65. The average molecular weight is 277 g/mol. The number of nitrogens with two attached hydrogens (primary N) is 1. The van der Waals surface area contributed by atoms with Crippen LogP contribution in [0.25, 0.3) is 0 Å². The van der Waals surface area contributed by atoms with Crippen LogP contribution in [0.3, 0.4) is 0 Å².